The van der Waals surface area contributed by atoms with Gasteiger partial charge in [0.1, 0.15) is 5.75 Å². The summed E-state index contributed by atoms with van der Waals surface area (Å²) in [5.74, 6) is -0.743. The SMILES string of the molecule is O=C(NS(=O)(=O)Cc1ccccc1)c1ccc(N2CCN(Cc3ccccc3-c3cncc(O)c3)CC2)cc1. The molecule has 1 aliphatic heterocycles. The Morgan fingerprint density at radius 3 is 2.28 bits per heavy atom. The highest BCUT2D eigenvalue weighted by Crippen LogP contribution is 2.27. The molecule has 0 aliphatic carbocycles. The van der Waals surface area contributed by atoms with Crippen molar-refractivity contribution in [3.05, 3.63) is 114 Å². The lowest BCUT2D eigenvalue weighted by Gasteiger charge is -2.36. The van der Waals surface area contributed by atoms with Crippen molar-refractivity contribution in [3.63, 3.8) is 0 Å². The molecule has 0 spiro atoms. The molecule has 5 rings (SSSR count). The number of aromatic hydroxyl groups is 1. The third kappa shape index (κ3) is 6.81. The van der Waals surface area contributed by atoms with Crippen molar-refractivity contribution in [1.29, 1.82) is 0 Å². The molecule has 0 saturated carbocycles. The Labute approximate surface area is 228 Å². The molecule has 0 atom stereocenters. The van der Waals surface area contributed by atoms with Gasteiger partial charge in [-0.1, -0.05) is 54.6 Å². The highest BCUT2D eigenvalue weighted by molar-refractivity contribution is 7.89. The standard InChI is InChI=1S/C30H30N4O4S/c35-28-18-26(19-31-20-28)29-9-5-4-8-25(29)21-33-14-16-34(17-15-33)27-12-10-24(11-13-27)30(36)32-39(37,38)22-23-6-2-1-3-7-23/h1-13,18-20,35H,14-17,21-22H2,(H,32,36). The van der Waals surface area contributed by atoms with Gasteiger partial charge in [-0.15, -0.1) is 0 Å². The van der Waals surface area contributed by atoms with E-state index >= 15 is 0 Å². The fourth-order valence-electron chi connectivity index (χ4n) is 4.77. The number of amides is 1. The van der Waals surface area contributed by atoms with Crippen molar-refractivity contribution in [3.8, 4) is 16.9 Å². The number of hydrogen-bond donors (Lipinski definition) is 2. The van der Waals surface area contributed by atoms with E-state index in [1.54, 1.807) is 48.7 Å². The predicted octanol–water partition coefficient (Wildman–Crippen LogP) is 4.04. The summed E-state index contributed by atoms with van der Waals surface area (Å²) in [7, 11) is -3.80. The number of anilines is 1. The second kappa shape index (κ2) is 11.7. The zero-order valence-electron chi connectivity index (χ0n) is 21.4. The first kappa shape index (κ1) is 26.4. The third-order valence-electron chi connectivity index (χ3n) is 6.76. The largest absolute Gasteiger partial charge is 0.506 e. The predicted molar refractivity (Wildman–Crippen MR) is 152 cm³/mol. The van der Waals surface area contributed by atoms with Crippen molar-refractivity contribution >= 4 is 21.6 Å². The topological polar surface area (TPSA) is 103 Å². The molecule has 8 nitrogen and oxygen atoms in total. The van der Waals surface area contributed by atoms with Gasteiger partial charge in [-0.2, -0.15) is 0 Å². The van der Waals surface area contributed by atoms with Gasteiger partial charge < -0.3 is 10.0 Å². The van der Waals surface area contributed by atoms with E-state index in [1.807, 2.05) is 36.4 Å². The highest BCUT2D eigenvalue weighted by atomic mass is 32.2. The molecule has 1 fully saturated rings. The van der Waals surface area contributed by atoms with Crippen molar-refractivity contribution in [2.24, 2.45) is 0 Å². The average Bonchev–Trinajstić information content (AvgIpc) is 2.94. The van der Waals surface area contributed by atoms with E-state index in [0.29, 0.717) is 11.1 Å². The fraction of sp³-hybridized carbons (Fsp3) is 0.200. The van der Waals surface area contributed by atoms with Crippen LogP contribution in [0.25, 0.3) is 11.1 Å². The van der Waals surface area contributed by atoms with Gasteiger partial charge >= 0.3 is 0 Å². The molecular weight excluding hydrogens is 512 g/mol. The Balaban J connectivity index is 1.17. The Hall–Kier alpha value is -4.21. The summed E-state index contributed by atoms with van der Waals surface area (Å²) < 4.78 is 27.0. The Morgan fingerprint density at radius 2 is 1.56 bits per heavy atom. The van der Waals surface area contributed by atoms with Crippen LogP contribution in [0.5, 0.6) is 5.75 Å². The van der Waals surface area contributed by atoms with Crippen LogP contribution in [0, 0.1) is 0 Å². The molecule has 0 unspecified atom stereocenters. The van der Waals surface area contributed by atoms with Gasteiger partial charge in [0.05, 0.1) is 11.9 Å². The molecule has 39 heavy (non-hydrogen) atoms. The van der Waals surface area contributed by atoms with E-state index in [-0.39, 0.29) is 11.5 Å². The number of hydrogen-bond acceptors (Lipinski definition) is 7. The van der Waals surface area contributed by atoms with Crippen LogP contribution in [-0.2, 0) is 22.3 Å². The Bertz CT molecular complexity index is 1540. The summed E-state index contributed by atoms with van der Waals surface area (Å²) in [4.78, 5) is 21.3. The summed E-state index contributed by atoms with van der Waals surface area (Å²) in [6.07, 6.45) is 3.19. The van der Waals surface area contributed by atoms with Gasteiger partial charge in [0.2, 0.25) is 10.0 Å². The zero-order valence-corrected chi connectivity index (χ0v) is 22.2. The number of carbonyl (C=O) groups excluding carboxylic acids is 1. The second-order valence-corrected chi connectivity index (χ2v) is 11.3. The molecule has 0 radical (unpaired) electrons. The number of benzene rings is 3. The van der Waals surface area contributed by atoms with E-state index in [4.69, 9.17) is 0 Å². The van der Waals surface area contributed by atoms with Crippen LogP contribution < -0.4 is 9.62 Å². The van der Waals surface area contributed by atoms with Crippen molar-refractivity contribution in [2.45, 2.75) is 12.3 Å². The first-order valence-electron chi connectivity index (χ1n) is 12.7. The quantitative estimate of drug-likeness (QED) is 0.347. The smallest absolute Gasteiger partial charge is 0.264 e. The summed E-state index contributed by atoms with van der Waals surface area (Å²) in [6, 6.07) is 25.7. The number of pyridine rings is 1. The van der Waals surface area contributed by atoms with Gasteiger partial charge in [-0.3, -0.25) is 14.7 Å². The van der Waals surface area contributed by atoms with Crippen LogP contribution in [0.1, 0.15) is 21.5 Å². The molecule has 4 aromatic rings. The minimum atomic E-state index is -3.80. The van der Waals surface area contributed by atoms with Gasteiger partial charge in [0, 0.05) is 55.7 Å². The summed E-state index contributed by atoms with van der Waals surface area (Å²) in [5, 5.41) is 9.85. The minimum Gasteiger partial charge on any atom is -0.506 e. The van der Waals surface area contributed by atoms with E-state index in [1.165, 1.54) is 11.8 Å². The van der Waals surface area contributed by atoms with Crippen molar-refractivity contribution < 1.29 is 18.3 Å². The van der Waals surface area contributed by atoms with Gasteiger partial charge in [-0.05, 0) is 47.0 Å². The molecular formula is C30H30N4O4S. The maximum Gasteiger partial charge on any atom is 0.264 e. The number of carbonyl (C=O) groups is 1. The van der Waals surface area contributed by atoms with Crippen LogP contribution in [0.15, 0.2) is 97.3 Å². The second-order valence-electron chi connectivity index (χ2n) is 9.57. The maximum absolute atomic E-state index is 12.6. The lowest BCUT2D eigenvalue weighted by Crippen LogP contribution is -2.46. The third-order valence-corrected chi connectivity index (χ3v) is 7.97. The first-order valence-corrected chi connectivity index (χ1v) is 14.4. The van der Waals surface area contributed by atoms with Crippen molar-refractivity contribution in [1.82, 2.24) is 14.6 Å². The maximum atomic E-state index is 12.6. The van der Waals surface area contributed by atoms with Crippen LogP contribution in [0.4, 0.5) is 5.69 Å². The molecule has 200 valence electrons. The summed E-state index contributed by atoms with van der Waals surface area (Å²) in [5.41, 5.74) is 5.03. The molecule has 3 aromatic carbocycles. The number of piperazine rings is 1. The zero-order chi connectivity index (χ0) is 27.2. The van der Waals surface area contributed by atoms with E-state index in [0.717, 1.165) is 49.5 Å². The minimum absolute atomic E-state index is 0.147. The van der Waals surface area contributed by atoms with Crippen LogP contribution in [0.3, 0.4) is 0 Å². The average molecular weight is 543 g/mol. The summed E-state index contributed by atoms with van der Waals surface area (Å²) in [6.45, 7) is 4.18. The van der Waals surface area contributed by atoms with Crippen molar-refractivity contribution in [2.75, 3.05) is 31.1 Å². The fourth-order valence-corrected chi connectivity index (χ4v) is 5.88. The molecule has 2 heterocycles. The van der Waals surface area contributed by atoms with Gasteiger partial charge in [-0.25, -0.2) is 13.1 Å². The number of aromatic nitrogens is 1. The molecule has 0 bridgehead atoms. The molecule has 1 aliphatic rings. The highest BCUT2D eigenvalue weighted by Gasteiger charge is 2.20. The molecule has 9 heteroatoms. The number of rotatable bonds is 8. The monoisotopic (exact) mass is 542 g/mol. The Kier molecular flexibility index (Phi) is 7.90. The molecule has 2 N–H and O–H groups in total. The number of nitrogens with zero attached hydrogens (tertiary/aromatic N) is 3. The normalized spacial score (nSPS) is 14.2. The van der Waals surface area contributed by atoms with E-state index in [2.05, 4.69) is 25.6 Å². The van der Waals surface area contributed by atoms with Crippen LogP contribution >= 0.6 is 0 Å². The van der Waals surface area contributed by atoms with Crippen LogP contribution in [0.2, 0.25) is 0 Å². The molecule has 1 saturated heterocycles. The number of sulfonamides is 1. The van der Waals surface area contributed by atoms with Gasteiger partial charge in [0.25, 0.3) is 5.91 Å². The number of nitrogens with one attached hydrogen (secondary N) is 1. The Morgan fingerprint density at radius 1 is 0.872 bits per heavy atom. The first-order chi connectivity index (χ1) is 18.9. The molecule has 1 amide bonds. The lowest BCUT2D eigenvalue weighted by molar-refractivity contribution is 0.0981. The summed E-state index contributed by atoms with van der Waals surface area (Å²) >= 11 is 0. The molecule has 1 aromatic heterocycles. The van der Waals surface area contributed by atoms with Crippen LogP contribution in [-0.4, -0.2) is 55.5 Å². The van der Waals surface area contributed by atoms with E-state index in [9.17, 15) is 18.3 Å². The van der Waals surface area contributed by atoms with E-state index < -0.39 is 15.9 Å². The lowest BCUT2D eigenvalue weighted by atomic mass is 10.0. The van der Waals surface area contributed by atoms with Gasteiger partial charge in [0.15, 0.2) is 0 Å².